The van der Waals surface area contributed by atoms with Crippen LogP contribution in [0.2, 0.25) is 0 Å². The van der Waals surface area contributed by atoms with E-state index in [1.165, 1.54) is 0 Å². The number of likely N-dealkylation sites (N-methyl/N-ethyl adjacent to an activating group) is 1. The van der Waals surface area contributed by atoms with Gasteiger partial charge in [-0.3, -0.25) is 19.2 Å². The van der Waals surface area contributed by atoms with Crippen LogP contribution in [-0.4, -0.2) is 67.8 Å². The van der Waals surface area contributed by atoms with E-state index in [4.69, 9.17) is 0 Å². The average Bonchev–Trinajstić information content (AvgIpc) is 3.23. The molecule has 1 fully saturated rings. The van der Waals surface area contributed by atoms with Crippen LogP contribution < -0.4 is 0 Å². The molecule has 2 aromatic heterocycles. The van der Waals surface area contributed by atoms with Gasteiger partial charge in [-0.15, -0.1) is 0 Å². The topological polar surface area (TPSA) is 74.5 Å². The average molecular weight is 436 g/mol. The first-order chi connectivity index (χ1) is 15.2. The number of rotatable bonds is 3. The molecular formula is C25H33N5O2. The fourth-order valence-corrected chi connectivity index (χ4v) is 3.60. The number of benzene rings is 1. The summed E-state index contributed by atoms with van der Waals surface area (Å²) >= 11 is 0. The molecule has 1 saturated heterocycles. The van der Waals surface area contributed by atoms with Gasteiger partial charge in [-0.1, -0.05) is 31.5 Å². The monoisotopic (exact) mass is 435 g/mol. The van der Waals surface area contributed by atoms with Gasteiger partial charge < -0.3 is 10.0 Å². The number of hydrogen-bond donors (Lipinski definition) is 1. The quantitative estimate of drug-likeness (QED) is 0.679. The molecule has 7 nitrogen and oxygen atoms in total. The van der Waals surface area contributed by atoms with E-state index in [0.717, 1.165) is 22.5 Å². The van der Waals surface area contributed by atoms with Crippen molar-refractivity contribution >= 4 is 5.91 Å². The Balaban J connectivity index is 0.00000141. The van der Waals surface area contributed by atoms with Gasteiger partial charge in [-0.05, 0) is 52.1 Å². The number of aromatic nitrogens is 3. The summed E-state index contributed by atoms with van der Waals surface area (Å²) in [6.45, 7) is 11.1. The Morgan fingerprint density at radius 1 is 1.06 bits per heavy atom. The minimum Gasteiger partial charge on any atom is -0.374 e. The first-order valence-corrected chi connectivity index (χ1v) is 11.1. The second-order valence-corrected chi connectivity index (χ2v) is 8.21. The molecule has 1 aliphatic heterocycles. The number of aliphatic hydroxyl groups is 1. The molecule has 1 unspecified atom stereocenters. The van der Waals surface area contributed by atoms with Gasteiger partial charge in [-0.25, -0.2) is 4.98 Å². The molecule has 0 radical (unpaired) electrons. The van der Waals surface area contributed by atoms with Crippen LogP contribution in [0.15, 0.2) is 48.8 Å². The van der Waals surface area contributed by atoms with Crippen LogP contribution in [0.1, 0.15) is 42.5 Å². The van der Waals surface area contributed by atoms with Gasteiger partial charge in [0.25, 0.3) is 5.91 Å². The van der Waals surface area contributed by atoms with Crippen LogP contribution in [0, 0.1) is 13.8 Å². The zero-order chi connectivity index (χ0) is 23.5. The molecule has 3 heterocycles. The number of piperazine rings is 1. The van der Waals surface area contributed by atoms with Crippen LogP contribution in [0.5, 0.6) is 0 Å². The largest absolute Gasteiger partial charge is 0.374 e. The Morgan fingerprint density at radius 3 is 2.34 bits per heavy atom. The van der Waals surface area contributed by atoms with E-state index < -0.39 is 5.72 Å². The smallest absolute Gasteiger partial charge is 0.274 e. The van der Waals surface area contributed by atoms with Crippen molar-refractivity contribution in [1.29, 1.82) is 0 Å². The summed E-state index contributed by atoms with van der Waals surface area (Å²) in [5, 5.41) is 10.6. The Kier molecular flexibility index (Phi) is 7.11. The number of nitrogens with zero attached hydrogens (tertiary/aromatic N) is 5. The normalized spacial score (nSPS) is 18.8. The minimum atomic E-state index is -1.06. The molecule has 7 heteroatoms. The first kappa shape index (κ1) is 23.6. The van der Waals surface area contributed by atoms with Crippen molar-refractivity contribution < 1.29 is 9.90 Å². The second kappa shape index (κ2) is 9.63. The highest BCUT2D eigenvalue weighted by molar-refractivity contribution is 5.93. The van der Waals surface area contributed by atoms with E-state index in [1.54, 1.807) is 24.2 Å². The number of hydrogen-bond acceptors (Lipinski definition) is 5. The van der Waals surface area contributed by atoms with Gasteiger partial charge in [0.15, 0.2) is 0 Å². The minimum absolute atomic E-state index is 0.185. The highest BCUT2D eigenvalue weighted by atomic mass is 16.3. The Morgan fingerprint density at radius 2 is 1.75 bits per heavy atom. The van der Waals surface area contributed by atoms with Gasteiger partial charge in [0, 0.05) is 42.4 Å². The highest BCUT2D eigenvalue weighted by Gasteiger charge is 2.36. The summed E-state index contributed by atoms with van der Waals surface area (Å²) in [6.07, 6.45) is 3.55. The van der Waals surface area contributed by atoms with Crippen LogP contribution in [0.4, 0.5) is 0 Å². The van der Waals surface area contributed by atoms with Crippen LogP contribution in [0.25, 0.3) is 17.1 Å². The molecule has 4 rings (SSSR count). The van der Waals surface area contributed by atoms with E-state index in [1.807, 2.05) is 80.6 Å². The van der Waals surface area contributed by atoms with E-state index in [-0.39, 0.29) is 12.5 Å². The van der Waals surface area contributed by atoms with Gasteiger partial charge in [0.2, 0.25) is 0 Å². The molecule has 32 heavy (non-hydrogen) atoms. The molecule has 0 saturated carbocycles. The highest BCUT2D eigenvalue weighted by Crippen LogP contribution is 2.25. The zero-order valence-corrected chi connectivity index (χ0v) is 19.8. The maximum Gasteiger partial charge on any atom is 0.274 e. The SMILES string of the molecule is CC.Cc1ccc(-n2cc(C(=O)N3CCN(C)C(C)(O)C3)nc2-c2ccc(C)nc2)cc1. The van der Waals surface area contributed by atoms with Crippen molar-refractivity contribution in [2.45, 2.75) is 40.3 Å². The summed E-state index contributed by atoms with van der Waals surface area (Å²) in [6, 6.07) is 12.0. The van der Waals surface area contributed by atoms with Crippen molar-refractivity contribution in [3.63, 3.8) is 0 Å². The third-order valence-electron chi connectivity index (χ3n) is 5.71. The van der Waals surface area contributed by atoms with E-state index in [2.05, 4.69) is 9.97 Å². The number of amides is 1. The Bertz CT molecular complexity index is 992. The molecule has 170 valence electrons. The van der Waals surface area contributed by atoms with Gasteiger partial charge >= 0.3 is 0 Å². The Labute approximate surface area is 190 Å². The van der Waals surface area contributed by atoms with Gasteiger partial charge in [0.1, 0.15) is 17.2 Å². The van der Waals surface area contributed by atoms with E-state index in [0.29, 0.717) is 24.6 Å². The first-order valence-electron chi connectivity index (χ1n) is 11.1. The molecule has 3 aromatic rings. The van der Waals surface area contributed by atoms with Gasteiger partial charge in [-0.2, -0.15) is 0 Å². The van der Waals surface area contributed by atoms with E-state index >= 15 is 0 Å². The molecule has 1 aromatic carbocycles. The fraction of sp³-hybridized carbons (Fsp3) is 0.400. The summed E-state index contributed by atoms with van der Waals surface area (Å²) in [4.78, 5) is 25.8. The predicted molar refractivity (Wildman–Crippen MR) is 127 cm³/mol. The van der Waals surface area contributed by atoms with Crippen LogP contribution >= 0.6 is 0 Å². The lowest BCUT2D eigenvalue weighted by Crippen LogP contribution is -2.60. The molecule has 0 spiro atoms. The maximum atomic E-state index is 13.2. The number of imidazole rings is 1. The lowest BCUT2D eigenvalue weighted by atomic mass is 10.1. The standard InChI is InChI=1S/C23H27N5O2.C2H6/c1-16-5-9-19(10-6-16)28-14-20(25-21(28)18-8-7-17(2)24-13-18)22(29)27-12-11-26(4)23(3,30)15-27;1-2/h5-10,13-14,30H,11-12,15H2,1-4H3;1-2H3. The molecule has 1 amide bonds. The summed E-state index contributed by atoms with van der Waals surface area (Å²) in [5.41, 5.74) is 3.14. The number of carbonyl (C=O) groups is 1. The lowest BCUT2D eigenvalue weighted by Gasteiger charge is -2.43. The van der Waals surface area contributed by atoms with Crippen molar-refractivity contribution in [3.8, 4) is 17.1 Å². The van der Waals surface area contributed by atoms with Crippen molar-refractivity contribution in [3.05, 3.63) is 65.7 Å². The third-order valence-corrected chi connectivity index (χ3v) is 5.71. The van der Waals surface area contributed by atoms with Crippen molar-refractivity contribution in [2.75, 3.05) is 26.7 Å². The lowest BCUT2D eigenvalue weighted by molar-refractivity contribution is -0.118. The molecule has 1 N–H and O–H groups in total. The van der Waals surface area contributed by atoms with Crippen molar-refractivity contribution in [2.24, 2.45) is 0 Å². The summed E-state index contributed by atoms with van der Waals surface area (Å²) in [7, 11) is 1.86. The molecule has 0 aliphatic carbocycles. The number of carbonyl (C=O) groups excluding carboxylic acids is 1. The molecule has 0 bridgehead atoms. The fourth-order valence-electron chi connectivity index (χ4n) is 3.60. The Hall–Kier alpha value is -3.03. The van der Waals surface area contributed by atoms with E-state index in [9.17, 15) is 9.90 Å². The summed E-state index contributed by atoms with van der Waals surface area (Å²) < 4.78 is 1.92. The summed E-state index contributed by atoms with van der Waals surface area (Å²) in [5.74, 6) is 0.478. The van der Waals surface area contributed by atoms with Crippen molar-refractivity contribution in [1.82, 2.24) is 24.3 Å². The number of pyridine rings is 1. The number of aryl methyl sites for hydroxylation is 2. The van der Waals surface area contributed by atoms with Gasteiger partial charge in [0.05, 0.1) is 6.54 Å². The molecule has 1 aliphatic rings. The zero-order valence-electron chi connectivity index (χ0n) is 19.8. The molecule has 1 atom stereocenters. The predicted octanol–water partition coefficient (Wildman–Crippen LogP) is 3.67. The molecular weight excluding hydrogens is 402 g/mol. The third kappa shape index (κ3) is 4.89. The maximum absolute atomic E-state index is 13.2. The number of β-amino-alcohol motifs (C(OH)–C–C–N with tert-alkyl or cyclic N) is 1. The van der Waals surface area contributed by atoms with Crippen LogP contribution in [-0.2, 0) is 0 Å². The van der Waals surface area contributed by atoms with Crippen LogP contribution in [0.3, 0.4) is 0 Å². The second-order valence-electron chi connectivity index (χ2n) is 8.21.